The Balaban J connectivity index is 0.00000176. The molecule has 3 rings (SSSR count). The van der Waals surface area contributed by atoms with E-state index >= 15 is 8.78 Å². The minimum absolute atomic E-state index is 0.261. The van der Waals surface area contributed by atoms with E-state index in [0.29, 0.717) is 17.8 Å². The van der Waals surface area contributed by atoms with Crippen LogP contribution >= 0.6 is 0 Å². The molecule has 32 heavy (non-hydrogen) atoms. The number of hydrogen-bond acceptors (Lipinski definition) is 2. The van der Waals surface area contributed by atoms with Gasteiger partial charge in [0, 0.05) is 29.9 Å². The van der Waals surface area contributed by atoms with Crippen molar-refractivity contribution in [1.29, 1.82) is 0 Å². The molecule has 0 saturated carbocycles. The number of allylic oxidation sites excluding steroid dienone is 3. The zero-order valence-electron chi connectivity index (χ0n) is 18.5. The van der Waals surface area contributed by atoms with Gasteiger partial charge in [0.15, 0.2) is 6.61 Å². The van der Waals surface area contributed by atoms with Gasteiger partial charge >= 0.3 is 6.18 Å². The zero-order chi connectivity index (χ0) is 24.1. The van der Waals surface area contributed by atoms with Crippen molar-refractivity contribution < 1.29 is 26.7 Å². The molecule has 2 aromatic rings. The van der Waals surface area contributed by atoms with Gasteiger partial charge in [0.05, 0.1) is 11.3 Å². The molecule has 0 bridgehead atoms. The Hall–Kier alpha value is -3.09. The molecule has 7 heteroatoms. The predicted molar refractivity (Wildman–Crippen MR) is 118 cm³/mol. The topological polar surface area (TPSA) is 12.5 Å². The van der Waals surface area contributed by atoms with Crippen LogP contribution < -0.4 is 4.74 Å². The number of likely N-dealkylation sites (N-methyl/N-ethyl adjacent to an activating group) is 1. The molecular weight excluding hydrogens is 425 g/mol. The minimum atomic E-state index is -4.61. The highest BCUT2D eigenvalue weighted by Gasteiger charge is 2.31. The van der Waals surface area contributed by atoms with E-state index in [1.54, 1.807) is 11.0 Å². The summed E-state index contributed by atoms with van der Waals surface area (Å²) in [6.45, 7) is 10.4. The molecule has 1 heterocycles. The number of nitrogens with zero attached hydrogens (tertiary/aromatic N) is 1. The van der Waals surface area contributed by atoms with Gasteiger partial charge < -0.3 is 9.64 Å². The fourth-order valence-electron chi connectivity index (χ4n) is 3.34. The number of alkyl halides is 3. The fourth-order valence-corrected chi connectivity index (χ4v) is 3.34. The molecule has 0 unspecified atom stereocenters. The number of benzene rings is 2. The second-order valence-corrected chi connectivity index (χ2v) is 6.81. The van der Waals surface area contributed by atoms with Crippen LogP contribution in [0.1, 0.15) is 38.8 Å². The summed E-state index contributed by atoms with van der Waals surface area (Å²) < 4.78 is 71.7. The summed E-state index contributed by atoms with van der Waals surface area (Å²) in [5.41, 5.74) is 2.67. The van der Waals surface area contributed by atoms with Crippen molar-refractivity contribution in [2.75, 3.05) is 13.2 Å². The third-order valence-corrected chi connectivity index (χ3v) is 4.72. The van der Waals surface area contributed by atoms with Crippen LogP contribution in [0.15, 0.2) is 66.4 Å². The Morgan fingerprint density at radius 1 is 1.00 bits per heavy atom. The maximum absolute atomic E-state index is 15.0. The van der Waals surface area contributed by atoms with Crippen LogP contribution in [0.3, 0.4) is 0 Å². The van der Waals surface area contributed by atoms with E-state index in [0.717, 1.165) is 23.3 Å². The molecule has 0 radical (unpaired) electrons. The van der Waals surface area contributed by atoms with Crippen molar-refractivity contribution in [3.63, 3.8) is 0 Å². The molecule has 0 atom stereocenters. The lowest BCUT2D eigenvalue weighted by Crippen LogP contribution is -2.26. The second-order valence-electron chi connectivity index (χ2n) is 6.81. The summed E-state index contributed by atoms with van der Waals surface area (Å²) in [4.78, 5) is 1.69. The van der Waals surface area contributed by atoms with Gasteiger partial charge in [-0.25, -0.2) is 8.78 Å². The molecular formula is C25H26F5NO. The third-order valence-electron chi connectivity index (χ3n) is 4.72. The first-order chi connectivity index (χ1) is 15.1. The molecule has 2 nitrogen and oxygen atoms in total. The average molecular weight is 451 g/mol. The average Bonchev–Trinajstić information content (AvgIpc) is 2.76. The van der Waals surface area contributed by atoms with Crippen molar-refractivity contribution in [2.24, 2.45) is 0 Å². The van der Waals surface area contributed by atoms with E-state index < -0.39 is 30.2 Å². The maximum Gasteiger partial charge on any atom is 0.422 e. The predicted octanol–water partition coefficient (Wildman–Crippen LogP) is 7.60. The molecule has 0 spiro atoms. The number of rotatable bonds is 5. The van der Waals surface area contributed by atoms with Crippen LogP contribution in [0.5, 0.6) is 5.75 Å². The Morgan fingerprint density at radius 2 is 1.56 bits per heavy atom. The molecule has 2 aromatic carbocycles. The molecule has 0 amide bonds. The second kappa shape index (κ2) is 10.5. The highest BCUT2D eigenvalue weighted by Crippen LogP contribution is 2.41. The van der Waals surface area contributed by atoms with Crippen molar-refractivity contribution >= 4 is 11.3 Å². The van der Waals surface area contributed by atoms with Gasteiger partial charge in [0.25, 0.3) is 0 Å². The van der Waals surface area contributed by atoms with Crippen molar-refractivity contribution in [3.8, 4) is 5.75 Å². The van der Waals surface area contributed by atoms with Crippen molar-refractivity contribution in [2.45, 2.75) is 33.9 Å². The quantitative estimate of drug-likeness (QED) is 0.434. The Morgan fingerprint density at radius 3 is 2.06 bits per heavy atom. The van der Waals surface area contributed by atoms with Gasteiger partial charge in [-0.2, -0.15) is 13.2 Å². The van der Waals surface area contributed by atoms with Crippen LogP contribution in [0.2, 0.25) is 0 Å². The molecule has 172 valence electrons. The van der Waals surface area contributed by atoms with Crippen LogP contribution in [0, 0.1) is 11.6 Å². The van der Waals surface area contributed by atoms with Crippen LogP contribution in [0.4, 0.5) is 22.0 Å². The minimum Gasteiger partial charge on any atom is -0.484 e. The molecule has 0 aliphatic carbocycles. The SMILES string of the molecule is C=C1C(C)=CC(c2ccccc2)=C(c2c(F)cc(OCC(F)(F)F)cc2F)N1CC.CC. The van der Waals surface area contributed by atoms with E-state index in [1.807, 2.05) is 58.0 Å². The summed E-state index contributed by atoms with van der Waals surface area (Å²) in [5.74, 6) is -2.57. The molecule has 1 aliphatic heterocycles. The standard InChI is InChI=1S/C23H20F5NO.C2H6/c1-4-29-15(3)14(2)10-18(16-8-6-5-7-9-16)22(29)21-19(24)11-17(12-20(21)25)30-13-23(26,27)28;1-2/h5-12H,3-4,13H2,1-2H3;1-2H3. The third kappa shape index (κ3) is 5.58. The van der Waals surface area contributed by atoms with Gasteiger partial charge in [-0.15, -0.1) is 0 Å². The van der Waals surface area contributed by atoms with Gasteiger partial charge in [-0.3, -0.25) is 0 Å². The van der Waals surface area contributed by atoms with Crippen LogP contribution in [-0.4, -0.2) is 24.2 Å². The first-order valence-electron chi connectivity index (χ1n) is 10.3. The van der Waals surface area contributed by atoms with E-state index in [1.165, 1.54) is 0 Å². The molecule has 0 aromatic heterocycles. The lowest BCUT2D eigenvalue weighted by molar-refractivity contribution is -0.153. The van der Waals surface area contributed by atoms with E-state index in [-0.39, 0.29) is 11.3 Å². The lowest BCUT2D eigenvalue weighted by atomic mass is 9.91. The van der Waals surface area contributed by atoms with E-state index in [4.69, 9.17) is 0 Å². The van der Waals surface area contributed by atoms with Gasteiger partial charge in [0.1, 0.15) is 17.4 Å². The van der Waals surface area contributed by atoms with Gasteiger partial charge in [-0.1, -0.05) is 50.8 Å². The maximum atomic E-state index is 15.0. The molecule has 1 aliphatic rings. The monoisotopic (exact) mass is 451 g/mol. The van der Waals surface area contributed by atoms with Crippen LogP contribution in [0.25, 0.3) is 11.3 Å². The highest BCUT2D eigenvalue weighted by atomic mass is 19.4. The van der Waals surface area contributed by atoms with Crippen molar-refractivity contribution in [1.82, 2.24) is 4.90 Å². The van der Waals surface area contributed by atoms with E-state index in [2.05, 4.69) is 11.3 Å². The summed E-state index contributed by atoms with van der Waals surface area (Å²) in [6.07, 6.45) is -2.82. The highest BCUT2D eigenvalue weighted by molar-refractivity contribution is 5.98. The van der Waals surface area contributed by atoms with E-state index in [9.17, 15) is 13.2 Å². The molecule has 0 N–H and O–H groups in total. The summed E-state index contributed by atoms with van der Waals surface area (Å²) in [5, 5.41) is 0. The Labute approximate surface area is 185 Å². The summed E-state index contributed by atoms with van der Waals surface area (Å²) >= 11 is 0. The lowest BCUT2D eigenvalue weighted by Gasteiger charge is -2.34. The van der Waals surface area contributed by atoms with Crippen molar-refractivity contribution in [3.05, 3.63) is 89.2 Å². The summed E-state index contributed by atoms with van der Waals surface area (Å²) in [7, 11) is 0. The number of hydrogen-bond donors (Lipinski definition) is 0. The summed E-state index contributed by atoms with van der Waals surface area (Å²) in [6, 6.07) is 10.6. The normalized spacial score (nSPS) is 14.1. The molecule has 0 saturated heterocycles. The van der Waals surface area contributed by atoms with Gasteiger partial charge in [-0.05, 0) is 31.1 Å². The first kappa shape index (κ1) is 25.2. The Bertz CT molecular complexity index is 999. The zero-order valence-corrected chi connectivity index (χ0v) is 18.5. The Kier molecular flexibility index (Phi) is 8.25. The van der Waals surface area contributed by atoms with Crippen LogP contribution in [-0.2, 0) is 0 Å². The first-order valence-corrected chi connectivity index (χ1v) is 10.3. The number of ether oxygens (including phenoxy) is 1. The largest absolute Gasteiger partial charge is 0.484 e. The molecule has 0 fully saturated rings. The smallest absolute Gasteiger partial charge is 0.422 e. The van der Waals surface area contributed by atoms with Gasteiger partial charge in [0.2, 0.25) is 0 Å². The fraction of sp³-hybridized carbons (Fsp3) is 0.280. The number of halogens is 5.